The van der Waals surface area contributed by atoms with Crippen molar-refractivity contribution in [3.05, 3.63) is 92.3 Å². The van der Waals surface area contributed by atoms with E-state index in [9.17, 15) is 9.90 Å². The molecule has 7 nitrogen and oxygen atoms in total. The molecule has 10 heteroatoms. The van der Waals surface area contributed by atoms with Gasteiger partial charge in [0, 0.05) is 15.1 Å². The van der Waals surface area contributed by atoms with E-state index in [0.29, 0.717) is 38.7 Å². The topological polar surface area (TPSA) is 94.7 Å². The van der Waals surface area contributed by atoms with Crippen LogP contribution in [0.5, 0.6) is 11.5 Å². The molecular weight excluding hydrogens is 556 g/mol. The predicted octanol–water partition coefficient (Wildman–Crippen LogP) is 6.96. The lowest BCUT2D eigenvalue weighted by molar-refractivity contribution is -0.131. The Labute approximate surface area is 218 Å². The van der Waals surface area contributed by atoms with Gasteiger partial charge in [0.05, 0.1) is 7.11 Å². The van der Waals surface area contributed by atoms with Gasteiger partial charge in [0.1, 0.15) is 11.5 Å². The van der Waals surface area contributed by atoms with Crippen LogP contribution in [0.2, 0.25) is 5.02 Å². The van der Waals surface area contributed by atoms with Gasteiger partial charge in [0.2, 0.25) is 5.89 Å². The van der Waals surface area contributed by atoms with Crippen molar-refractivity contribution < 1.29 is 23.8 Å². The third-order valence-electron chi connectivity index (χ3n) is 4.71. The number of rotatable bonds is 9. The second kappa shape index (κ2) is 11.4. The summed E-state index contributed by atoms with van der Waals surface area (Å²) in [4.78, 5) is 11.9. The molecule has 35 heavy (non-hydrogen) atoms. The van der Waals surface area contributed by atoms with Crippen LogP contribution in [0.25, 0.3) is 17.5 Å². The average molecular weight is 574 g/mol. The second-order valence-electron chi connectivity index (χ2n) is 7.09. The normalized spacial score (nSPS) is 11.3. The Morgan fingerprint density at radius 1 is 1.11 bits per heavy atom. The minimum absolute atomic E-state index is 0.0167. The second-order valence-corrected chi connectivity index (χ2v) is 9.38. The molecule has 0 aliphatic rings. The van der Waals surface area contributed by atoms with Crippen LogP contribution in [0.3, 0.4) is 0 Å². The highest BCUT2D eigenvalue weighted by Gasteiger charge is 2.18. The molecule has 0 saturated heterocycles. The smallest absolute Gasteiger partial charge is 0.342 e. The molecule has 1 N–H and O–H groups in total. The first kappa shape index (κ1) is 24.8. The van der Waals surface area contributed by atoms with Crippen LogP contribution in [-0.4, -0.2) is 28.4 Å². The molecule has 178 valence electrons. The number of aromatic nitrogens is 2. The van der Waals surface area contributed by atoms with E-state index in [2.05, 4.69) is 26.1 Å². The fraction of sp³-hybridized carbons (Fsp3) is 0.0800. The summed E-state index contributed by atoms with van der Waals surface area (Å²) in [6.45, 7) is 0.363. The van der Waals surface area contributed by atoms with E-state index in [0.717, 1.165) is 17.3 Å². The standard InChI is InChI=1S/C25H18BrClN2O5S/c1-32-20-11-17(19(26)13-21(20)33-14-15-5-3-2-4-6-15)12-22(24(30)31)35-25-29-28-23(34-25)16-7-9-18(27)10-8-16/h2-13H,14H2,1H3,(H,30,31)/b22-12-. The average Bonchev–Trinajstić information content (AvgIpc) is 3.33. The minimum Gasteiger partial charge on any atom is -0.493 e. The van der Waals surface area contributed by atoms with Gasteiger partial charge in [-0.3, -0.25) is 0 Å². The number of nitrogens with zero attached hydrogens (tertiary/aromatic N) is 2. The van der Waals surface area contributed by atoms with Crippen molar-refractivity contribution in [3.8, 4) is 23.0 Å². The number of aliphatic carboxylic acids is 1. The molecule has 0 aliphatic carbocycles. The summed E-state index contributed by atoms with van der Waals surface area (Å²) in [6, 6.07) is 20.1. The summed E-state index contributed by atoms with van der Waals surface area (Å²) in [5, 5.41) is 18.4. The highest BCUT2D eigenvalue weighted by atomic mass is 79.9. The van der Waals surface area contributed by atoms with Crippen molar-refractivity contribution in [3.63, 3.8) is 0 Å². The lowest BCUT2D eigenvalue weighted by Gasteiger charge is -2.13. The predicted molar refractivity (Wildman–Crippen MR) is 138 cm³/mol. The summed E-state index contributed by atoms with van der Waals surface area (Å²) < 4.78 is 17.6. The van der Waals surface area contributed by atoms with Crippen LogP contribution >= 0.6 is 39.3 Å². The van der Waals surface area contributed by atoms with Crippen molar-refractivity contribution >= 4 is 51.3 Å². The quantitative estimate of drug-likeness (QED) is 0.170. The zero-order chi connectivity index (χ0) is 24.8. The van der Waals surface area contributed by atoms with E-state index < -0.39 is 5.97 Å². The number of hydrogen-bond acceptors (Lipinski definition) is 7. The summed E-state index contributed by atoms with van der Waals surface area (Å²) in [5.74, 6) is 0.107. The van der Waals surface area contributed by atoms with Gasteiger partial charge in [-0.1, -0.05) is 57.9 Å². The number of thioether (sulfide) groups is 1. The molecule has 4 aromatic rings. The van der Waals surface area contributed by atoms with E-state index in [1.165, 1.54) is 13.2 Å². The summed E-state index contributed by atoms with van der Waals surface area (Å²) >= 11 is 10.3. The highest BCUT2D eigenvalue weighted by Crippen LogP contribution is 2.37. The number of carbonyl (C=O) groups is 1. The van der Waals surface area contributed by atoms with Gasteiger partial charge in [-0.25, -0.2) is 4.79 Å². The first-order chi connectivity index (χ1) is 16.9. The van der Waals surface area contributed by atoms with E-state index in [1.54, 1.807) is 36.4 Å². The zero-order valence-electron chi connectivity index (χ0n) is 18.3. The molecule has 0 amide bonds. The van der Waals surface area contributed by atoms with Crippen LogP contribution < -0.4 is 9.47 Å². The number of hydrogen-bond donors (Lipinski definition) is 1. The minimum atomic E-state index is -1.14. The number of carboxylic acids is 1. The van der Waals surface area contributed by atoms with Crippen molar-refractivity contribution in [1.82, 2.24) is 10.2 Å². The molecular formula is C25H18BrClN2O5S. The summed E-state index contributed by atoms with van der Waals surface area (Å²) in [7, 11) is 1.52. The zero-order valence-corrected chi connectivity index (χ0v) is 21.4. The third-order valence-corrected chi connectivity index (χ3v) is 6.50. The molecule has 0 atom stereocenters. The monoisotopic (exact) mass is 572 g/mol. The van der Waals surface area contributed by atoms with E-state index in [4.69, 9.17) is 25.5 Å². The fourth-order valence-corrected chi connectivity index (χ4v) is 4.23. The Bertz CT molecular complexity index is 1360. The van der Waals surface area contributed by atoms with Gasteiger partial charge in [-0.2, -0.15) is 0 Å². The molecule has 0 aliphatic heterocycles. The molecule has 1 heterocycles. The Morgan fingerprint density at radius 3 is 2.54 bits per heavy atom. The molecule has 0 radical (unpaired) electrons. The summed E-state index contributed by atoms with van der Waals surface area (Å²) in [6.07, 6.45) is 1.49. The molecule has 0 bridgehead atoms. The number of methoxy groups -OCH3 is 1. The van der Waals surface area contributed by atoms with Crippen molar-refractivity contribution in [1.29, 1.82) is 0 Å². The SMILES string of the molecule is COc1cc(/C=C(\Sc2nnc(-c3ccc(Cl)cc3)o2)C(=O)O)c(Br)cc1OCc1ccccc1. The maximum Gasteiger partial charge on any atom is 0.342 e. The first-order valence-corrected chi connectivity index (χ1v) is 12.2. The molecule has 4 rings (SSSR count). The van der Waals surface area contributed by atoms with Gasteiger partial charge in [-0.15, -0.1) is 10.2 Å². The number of carboxylic acid groups (broad SMARTS) is 1. The maximum atomic E-state index is 11.9. The lowest BCUT2D eigenvalue weighted by atomic mass is 10.2. The van der Waals surface area contributed by atoms with Crippen LogP contribution in [0.1, 0.15) is 11.1 Å². The van der Waals surface area contributed by atoms with Crippen molar-refractivity contribution in [2.45, 2.75) is 11.8 Å². The molecule has 0 saturated carbocycles. The fourth-order valence-electron chi connectivity index (χ4n) is 3.00. The van der Waals surface area contributed by atoms with Gasteiger partial charge < -0.3 is 19.0 Å². The van der Waals surface area contributed by atoms with Crippen LogP contribution in [-0.2, 0) is 11.4 Å². The van der Waals surface area contributed by atoms with Crippen molar-refractivity contribution in [2.24, 2.45) is 0 Å². The van der Waals surface area contributed by atoms with E-state index in [-0.39, 0.29) is 16.0 Å². The van der Waals surface area contributed by atoms with Crippen LogP contribution in [0.15, 0.2) is 85.7 Å². The Kier molecular flexibility index (Phi) is 8.12. The third kappa shape index (κ3) is 6.45. The Balaban J connectivity index is 1.56. The van der Waals surface area contributed by atoms with Crippen LogP contribution in [0, 0.1) is 0 Å². The van der Waals surface area contributed by atoms with E-state index >= 15 is 0 Å². The highest BCUT2D eigenvalue weighted by molar-refractivity contribution is 9.10. The maximum absolute atomic E-state index is 11.9. The Hall–Kier alpha value is -3.27. The lowest BCUT2D eigenvalue weighted by Crippen LogP contribution is -1.99. The molecule has 0 fully saturated rings. The largest absolute Gasteiger partial charge is 0.493 e. The van der Waals surface area contributed by atoms with Crippen molar-refractivity contribution in [2.75, 3.05) is 7.11 Å². The van der Waals surface area contributed by atoms with Gasteiger partial charge in [0.15, 0.2) is 11.5 Å². The molecule has 0 spiro atoms. The molecule has 0 unspecified atom stereocenters. The first-order valence-electron chi connectivity index (χ1n) is 10.2. The number of ether oxygens (including phenoxy) is 2. The van der Waals surface area contributed by atoms with Gasteiger partial charge >= 0.3 is 5.97 Å². The van der Waals surface area contributed by atoms with E-state index in [1.807, 2.05) is 30.3 Å². The Morgan fingerprint density at radius 2 is 1.86 bits per heavy atom. The molecule has 3 aromatic carbocycles. The number of benzene rings is 3. The number of halogens is 2. The summed E-state index contributed by atoms with van der Waals surface area (Å²) in [5.41, 5.74) is 2.26. The van der Waals surface area contributed by atoms with Crippen LogP contribution in [0.4, 0.5) is 0 Å². The molecule has 1 aromatic heterocycles. The van der Waals surface area contributed by atoms with Gasteiger partial charge in [0.25, 0.3) is 5.22 Å². The van der Waals surface area contributed by atoms with Gasteiger partial charge in [-0.05, 0) is 65.4 Å².